The Morgan fingerprint density at radius 1 is 1.43 bits per heavy atom. The molecule has 0 saturated heterocycles. The maximum Gasteiger partial charge on any atom is 0.224 e. The number of alkyl halides is 1. The number of hydrogen-bond acceptors (Lipinski definition) is 3. The number of halogens is 1. The van der Waals surface area contributed by atoms with E-state index in [0.717, 1.165) is 25.3 Å². The van der Waals surface area contributed by atoms with E-state index in [9.17, 15) is 0 Å². The molecule has 1 saturated carbocycles. The second-order valence-corrected chi connectivity index (χ2v) is 4.48. The molecule has 0 aliphatic heterocycles. The van der Waals surface area contributed by atoms with Gasteiger partial charge in [0.25, 0.3) is 0 Å². The Hall–Kier alpha value is -0.830. The van der Waals surface area contributed by atoms with Crippen LogP contribution < -0.4 is 4.90 Å². The fraction of sp³-hybridized carbons (Fsp3) is 0.600. The monoisotopic (exact) mass is 211 g/mol. The lowest BCUT2D eigenvalue weighted by molar-refractivity contribution is 0.328. The molecular weight excluding hydrogens is 198 g/mol. The summed E-state index contributed by atoms with van der Waals surface area (Å²) in [4.78, 5) is 10.5. The van der Waals surface area contributed by atoms with Crippen LogP contribution >= 0.6 is 11.6 Å². The van der Waals surface area contributed by atoms with Gasteiger partial charge < -0.3 is 4.90 Å². The van der Waals surface area contributed by atoms with Crippen LogP contribution in [0.3, 0.4) is 0 Å². The molecule has 2 rings (SSSR count). The third-order valence-corrected chi connectivity index (χ3v) is 2.96. The number of aromatic nitrogens is 2. The summed E-state index contributed by atoms with van der Waals surface area (Å²) in [7, 11) is 2.02. The van der Waals surface area contributed by atoms with Crippen LogP contribution in [0, 0.1) is 5.92 Å². The highest BCUT2D eigenvalue weighted by atomic mass is 35.5. The van der Waals surface area contributed by atoms with Gasteiger partial charge in [-0.25, -0.2) is 9.97 Å². The number of nitrogens with zero attached hydrogens (tertiary/aromatic N) is 3. The summed E-state index contributed by atoms with van der Waals surface area (Å²) >= 11 is 5.92. The van der Waals surface area contributed by atoms with Crippen LogP contribution in [0.5, 0.6) is 0 Å². The van der Waals surface area contributed by atoms with Crippen molar-refractivity contribution >= 4 is 17.5 Å². The van der Waals surface area contributed by atoms with Crippen LogP contribution in [-0.2, 0) is 0 Å². The highest BCUT2D eigenvalue weighted by Crippen LogP contribution is 2.32. The van der Waals surface area contributed by atoms with Crippen LogP contribution in [0.15, 0.2) is 18.5 Å². The van der Waals surface area contributed by atoms with Crippen molar-refractivity contribution in [2.24, 2.45) is 5.92 Å². The van der Waals surface area contributed by atoms with Gasteiger partial charge in [-0.3, -0.25) is 0 Å². The zero-order valence-corrected chi connectivity index (χ0v) is 8.98. The largest absolute Gasteiger partial charge is 0.344 e. The Morgan fingerprint density at radius 2 is 2.07 bits per heavy atom. The molecule has 1 aromatic heterocycles. The quantitative estimate of drug-likeness (QED) is 0.716. The van der Waals surface area contributed by atoms with E-state index in [0.29, 0.717) is 11.3 Å². The molecule has 76 valence electrons. The van der Waals surface area contributed by atoms with Crippen molar-refractivity contribution in [1.29, 1.82) is 0 Å². The molecule has 0 aromatic carbocycles. The van der Waals surface area contributed by atoms with Gasteiger partial charge in [0.2, 0.25) is 5.95 Å². The van der Waals surface area contributed by atoms with Crippen LogP contribution in [0.2, 0.25) is 0 Å². The maximum atomic E-state index is 5.92. The molecule has 1 aliphatic carbocycles. The summed E-state index contributed by atoms with van der Waals surface area (Å²) in [6, 6.07) is 1.83. The molecule has 0 amide bonds. The SMILES string of the molecule is CN(CC1CC(Cl)C1)c1ncccn1. The van der Waals surface area contributed by atoms with E-state index in [1.54, 1.807) is 12.4 Å². The Balaban J connectivity index is 1.87. The lowest BCUT2D eigenvalue weighted by Gasteiger charge is -2.33. The molecule has 1 aromatic rings. The van der Waals surface area contributed by atoms with Gasteiger partial charge in [0, 0.05) is 31.4 Å². The predicted molar refractivity (Wildman–Crippen MR) is 57.7 cm³/mol. The average Bonchev–Trinajstić information content (AvgIpc) is 2.17. The summed E-state index contributed by atoms with van der Waals surface area (Å²) in [6.45, 7) is 1.01. The van der Waals surface area contributed by atoms with E-state index >= 15 is 0 Å². The molecule has 1 fully saturated rings. The van der Waals surface area contributed by atoms with E-state index in [-0.39, 0.29) is 0 Å². The first-order valence-electron chi connectivity index (χ1n) is 4.88. The maximum absolute atomic E-state index is 5.92. The van der Waals surface area contributed by atoms with Gasteiger partial charge in [0.15, 0.2) is 0 Å². The highest BCUT2D eigenvalue weighted by Gasteiger charge is 2.28. The van der Waals surface area contributed by atoms with Gasteiger partial charge in [0.1, 0.15) is 0 Å². The first-order chi connectivity index (χ1) is 6.75. The van der Waals surface area contributed by atoms with Crippen molar-refractivity contribution in [2.45, 2.75) is 18.2 Å². The van der Waals surface area contributed by atoms with Gasteiger partial charge in [-0.05, 0) is 24.8 Å². The Bertz CT molecular complexity index is 285. The standard InChI is InChI=1S/C10H14ClN3/c1-14(7-8-5-9(11)6-8)10-12-3-2-4-13-10/h2-4,8-9H,5-7H2,1H3. The zero-order valence-electron chi connectivity index (χ0n) is 8.23. The van der Waals surface area contributed by atoms with Crippen molar-refractivity contribution in [1.82, 2.24) is 9.97 Å². The van der Waals surface area contributed by atoms with E-state index in [1.165, 1.54) is 0 Å². The van der Waals surface area contributed by atoms with Crippen molar-refractivity contribution in [3.8, 4) is 0 Å². The minimum Gasteiger partial charge on any atom is -0.344 e. The number of rotatable bonds is 3. The summed E-state index contributed by atoms with van der Waals surface area (Å²) in [5.74, 6) is 1.51. The van der Waals surface area contributed by atoms with Crippen molar-refractivity contribution in [3.05, 3.63) is 18.5 Å². The van der Waals surface area contributed by atoms with Crippen LogP contribution in [0.4, 0.5) is 5.95 Å². The summed E-state index contributed by atoms with van der Waals surface area (Å²) in [5, 5.41) is 0.394. The molecule has 0 radical (unpaired) electrons. The van der Waals surface area contributed by atoms with E-state index in [1.807, 2.05) is 13.1 Å². The van der Waals surface area contributed by atoms with Gasteiger partial charge in [0.05, 0.1) is 0 Å². The molecular formula is C10H14ClN3. The van der Waals surface area contributed by atoms with E-state index in [4.69, 9.17) is 11.6 Å². The fourth-order valence-corrected chi connectivity index (χ4v) is 2.26. The van der Waals surface area contributed by atoms with Gasteiger partial charge >= 0.3 is 0 Å². The summed E-state index contributed by atoms with van der Waals surface area (Å²) in [6.07, 6.45) is 5.78. The molecule has 0 bridgehead atoms. The fourth-order valence-electron chi connectivity index (χ4n) is 1.76. The minimum atomic E-state index is 0.394. The van der Waals surface area contributed by atoms with Gasteiger partial charge in [-0.2, -0.15) is 0 Å². The van der Waals surface area contributed by atoms with E-state index < -0.39 is 0 Å². The lowest BCUT2D eigenvalue weighted by Crippen LogP contribution is -2.35. The highest BCUT2D eigenvalue weighted by molar-refractivity contribution is 6.21. The molecule has 0 atom stereocenters. The van der Waals surface area contributed by atoms with E-state index in [2.05, 4.69) is 14.9 Å². The predicted octanol–water partition coefficient (Wildman–Crippen LogP) is 1.93. The third-order valence-electron chi connectivity index (χ3n) is 2.60. The number of anilines is 1. The normalized spacial score (nSPS) is 25.6. The van der Waals surface area contributed by atoms with Gasteiger partial charge in [-0.15, -0.1) is 11.6 Å². The smallest absolute Gasteiger partial charge is 0.224 e. The van der Waals surface area contributed by atoms with Crippen molar-refractivity contribution < 1.29 is 0 Å². The minimum absolute atomic E-state index is 0.394. The lowest BCUT2D eigenvalue weighted by atomic mass is 9.84. The van der Waals surface area contributed by atoms with Crippen molar-refractivity contribution in [2.75, 3.05) is 18.5 Å². The third kappa shape index (κ3) is 2.15. The second kappa shape index (κ2) is 4.13. The molecule has 0 unspecified atom stereocenters. The van der Waals surface area contributed by atoms with Crippen LogP contribution in [0.25, 0.3) is 0 Å². The molecule has 3 nitrogen and oxygen atoms in total. The first kappa shape index (κ1) is 9.71. The van der Waals surface area contributed by atoms with Crippen molar-refractivity contribution in [3.63, 3.8) is 0 Å². The Labute approximate surface area is 89.1 Å². The average molecular weight is 212 g/mol. The molecule has 4 heteroatoms. The molecule has 0 N–H and O–H groups in total. The zero-order chi connectivity index (χ0) is 9.97. The topological polar surface area (TPSA) is 29.0 Å². The molecule has 1 heterocycles. The first-order valence-corrected chi connectivity index (χ1v) is 5.31. The molecule has 0 spiro atoms. The van der Waals surface area contributed by atoms with Crippen LogP contribution in [-0.4, -0.2) is 28.9 Å². The summed E-state index contributed by atoms with van der Waals surface area (Å²) < 4.78 is 0. The molecule has 14 heavy (non-hydrogen) atoms. The Morgan fingerprint density at radius 3 is 2.64 bits per heavy atom. The Kier molecular flexibility index (Phi) is 2.87. The number of hydrogen-bond donors (Lipinski definition) is 0. The second-order valence-electron chi connectivity index (χ2n) is 3.86. The van der Waals surface area contributed by atoms with Gasteiger partial charge in [-0.1, -0.05) is 0 Å². The molecule has 1 aliphatic rings. The summed E-state index contributed by atoms with van der Waals surface area (Å²) in [5.41, 5.74) is 0. The van der Waals surface area contributed by atoms with Crippen LogP contribution in [0.1, 0.15) is 12.8 Å².